The average molecular weight is 292 g/mol. The van der Waals surface area contributed by atoms with Crippen LogP contribution in [-0.2, 0) is 15.9 Å². The Kier molecular flexibility index (Phi) is 4.69. The number of ether oxygens (including phenoxy) is 2. The Morgan fingerprint density at radius 1 is 1.29 bits per heavy atom. The third kappa shape index (κ3) is 3.83. The van der Waals surface area contributed by atoms with Gasteiger partial charge in [0.1, 0.15) is 5.75 Å². The van der Waals surface area contributed by atoms with Crippen molar-refractivity contribution in [3.05, 3.63) is 29.3 Å². The lowest BCUT2D eigenvalue weighted by Gasteiger charge is -2.19. The molecule has 0 aromatic heterocycles. The molecule has 0 saturated carbocycles. The number of aromatic hydroxyl groups is 1. The Balaban J connectivity index is 2.20. The quantitative estimate of drug-likeness (QED) is 0.846. The molecule has 116 valence electrons. The molecule has 1 aliphatic heterocycles. The molecule has 1 aromatic rings. The maximum atomic E-state index is 11.2. The van der Waals surface area contributed by atoms with Crippen molar-refractivity contribution in [3.63, 3.8) is 0 Å². The molecule has 0 unspecified atom stereocenters. The molecule has 4 heteroatoms. The van der Waals surface area contributed by atoms with E-state index in [1.807, 2.05) is 19.9 Å². The van der Waals surface area contributed by atoms with E-state index in [2.05, 4.69) is 13.8 Å². The van der Waals surface area contributed by atoms with E-state index < -0.39 is 5.79 Å². The third-order valence-electron chi connectivity index (χ3n) is 3.70. The van der Waals surface area contributed by atoms with Gasteiger partial charge < -0.3 is 14.6 Å². The highest BCUT2D eigenvalue weighted by Gasteiger charge is 2.41. The van der Waals surface area contributed by atoms with Crippen molar-refractivity contribution in [2.75, 3.05) is 0 Å². The molecule has 1 heterocycles. The number of hydrogen-bond acceptors (Lipinski definition) is 4. The summed E-state index contributed by atoms with van der Waals surface area (Å²) < 4.78 is 12.0. The van der Waals surface area contributed by atoms with Crippen LogP contribution >= 0.6 is 0 Å². The minimum Gasteiger partial charge on any atom is -0.507 e. The van der Waals surface area contributed by atoms with Crippen LogP contribution in [0.4, 0.5) is 0 Å². The van der Waals surface area contributed by atoms with Crippen LogP contribution in [0.2, 0.25) is 0 Å². The van der Waals surface area contributed by atoms with E-state index in [4.69, 9.17) is 9.47 Å². The molecule has 0 spiro atoms. The number of benzene rings is 1. The molecule has 1 aromatic carbocycles. The zero-order chi connectivity index (χ0) is 15.6. The standard InChI is InChI=1S/C17H24O4/c1-11(2)8-15-16(21-17(3,4)20-15)9-12-6-5-7-14(19)13(12)10-18/h5-7,10-11,15-16,19H,8-9H2,1-4H3/t15-,16+/m1/s1. The van der Waals surface area contributed by atoms with Gasteiger partial charge in [-0.1, -0.05) is 26.0 Å². The van der Waals surface area contributed by atoms with Gasteiger partial charge in [0.2, 0.25) is 0 Å². The first-order valence-electron chi connectivity index (χ1n) is 7.44. The van der Waals surface area contributed by atoms with Crippen molar-refractivity contribution >= 4 is 6.29 Å². The van der Waals surface area contributed by atoms with Crippen LogP contribution in [0.3, 0.4) is 0 Å². The molecule has 1 aliphatic rings. The van der Waals surface area contributed by atoms with Gasteiger partial charge in [0.05, 0.1) is 17.8 Å². The van der Waals surface area contributed by atoms with Crippen molar-refractivity contribution < 1.29 is 19.4 Å². The van der Waals surface area contributed by atoms with Gasteiger partial charge in [-0.15, -0.1) is 0 Å². The second kappa shape index (κ2) is 6.16. The summed E-state index contributed by atoms with van der Waals surface area (Å²) in [5.74, 6) is -0.0895. The number of hydrogen-bond donors (Lipinski definition) is 1. The normalized spacial score (nSPS) is 24.4. The molecule has 0 amide bonds. The minimum atomic E-state index is -0.609. The van der Waals surface area contributed by atoms with Crippen molar-refractivity contribution in [2.24, 2.45) is 5.92 Å². The maximum Gasteiger partial charge on any atom is 0.163 e. The topological polar surface area (TPSA) is 55.8 Å². The van der Waals surface area contributed by atoms with E-state index in [1.54, 1.807) is 6.07 Å². The summed E-state index contributed by atoms with van der Waals surface area (Å²) in [7, 11) is 0. The third-order valence-corrected chi connectivity index (χ3v) is 3.70. The number of aldehydes is 1. The highest BCUT2D eigenvalue weighted by Crippen LogP contribution is 2.34. The minimum absolute atomic E-state index is 0.00171. The van der Waals surface area contributed by atoms with Crippen LogP contribution in [0.1, 0.15) is 50.0 Å². The first-order chi connectivity index (χ1) is 9.82. The van der Waals surface area contributed by atoms with Gasteiger partial charge in [0.15, 0.2) is 12.1 Å². The van der Waals surface area contributed by atoms with Crippen molar-refractivity contribution in [2.45, 2.75) is 58.5 Å². The highest BCUT2D eigenvalue weighted by atomic mass is 16.7. The van der Waals surface area contributed by atoms with Gasteiger partial charge in [0.25, 0.3) is 0 Å². The first-order valence-corrected chi connectivity index (χ1v) is 7.44. The number of carbonyl (C=O) groups excluding carboxylic acids is 1. The Morgan fingerprint density at radius 2 is 1.95 bits per heavy atom. The van der Waals surface area contributed by atoms with E-state index in [-0.39, 0.29) is 18.0 Å². The summed E-state index contributed by atoms with van der Waals surface area (Å²) in [5.41, 5.74) is 1.14. The fourth-order valence-corrected chi connectivity index (χ4v) is 2.88. The van der Waals surface area contributed by atoms with Gasteiger partial charge in [-0.3, -0.25) is 4.79 Å². The van der Waals surface area contributed by atoms with Crippen LogP contribution in [0.15, 0.2) is 18.2 Å². The lowest BCUT2D eigenvalue weighted by molar-refractivity contribution is -0.147. The molecule has 2 rings (SSSR count). The fourth-order valence-electron chi connectivity index (χ4n) is 2.88. The van der Waals surface area contributed by atoms with Crippen LogP contribution in [0.25, 0.3) is 0 Å². The molecular formula is C17H24O4. The Bertz CT molecular complexity index is 508. The zero-order valence-corrected chi connectivity index (χ0v) is 13.1. The Labute approximate surface area is 126 Å². The van der Waals surface area contributed by atoms with E-state index >= 15 is 0 Å². The van der Waals surface area contributed by atoms with Crippen LogP contribution < -0.4 is 0 Å². The molecule has 4 nitrogen and oxygen atoms in total. The number of phenolic OH excluding ortho intramolecular Hbond substituents is 1. The van der Waals surface area contributed by atoms with Gasteiger partial charge in [-0.2, -0.15) is 0 Å². The molecular weight excluding hydrogens is 268 g/mol. The van der Waals surface area contributed by atoms with E-state index in [1.165, 1.54) is 6.07 Å². The number of carbonyl (C=O) groups is 1. The van der Waals surface area contributed by atoms with Gasteiger partial charge in [-0.05, 0) is 37.8 Å². The molecule has 21 heavy (non-hydrogen) atoms. The molecule has 0 bridgehead atoms. The molecule has 1 saturated heterocycles. The first kappa shape index (κ1) is 16.0. The van der Waals surface area contributed by atoms with Crippen molar-refractivity contribution in [3.8, 4) is 5.75 Å². The zero-order valence-electron chi connectivity index (χ0n) is 13.1. The SMILES string of the molecule is CC(C)C[C@H]1OC(C)(C)O[C@H]1Cc1cccc(O)c1C=O. The molecule has 1 fully saturated rings. The lowest BCUT2D eigenvalue weighted by Crippen LogP contribution is -2.26. The monoisotopic (exact) mass is 292 g/mol. The summed E-state index contributed by atoms with van der Waals surface area (Å²) in [6, 6.07) is 5.12. The summed E-state index contributed by atoms with van der Waals surface area (Å²) in [6.45, 7) is 8.11. The summed E-state index contributed by atoms with van der Waals surface area (Å²) >= 11 is 0. The summed E-state index contributed by atoms with van der Waals surface area (Å²) in [6.07, 6.45) is 2.06. The Morgan fingerprint density at radius 3 is 2.57 bits per heavy atom. The molecule has 2 atom stereocenters. The van der Waals surface area contributed by atoms with Gasteiger partial charge >= 0.3 is 0 Å². The smallest absolute Gasteiger partial charge is 0.163 e. The van der Waals surface area contributed by atoms with E-state index in [9.17, 15) is 9.90 Å². The van der Waals surface area contributed by atoms with Crippen molar-refractivity contribution in [1.82, 2.24) is 0 Å². The van der Waals surface area contributed by atoms with Crippen LogP contribution in [-0.4, -0.2) is 29.4 Å². The summed E-state index contributed by atoms with van der Waals surface area (Å²) in [5, 5.41) is 9.78. The van der Waals surface area contributed by atoms with Crippen LogP contribution in [0, 0.1) is 5.92 Å². The average Bonchev–Trinajstić information content (AvgIpc) is 2.63. The predicted octanol–water partition coefficient (Wildman–Crippen LogP) is 3.31. The fraction of sp³-hybridized carbons (Fsp3) is 0.588. The molecule has 1 N–H and O–H groups in total. The number of rotatable bonds is 5. The van der Waals surface area contributed by atoms with Crippen LogP contribution in [0.5, 0.6) is 5.75 Å². The number of phenols is 1. The lowest BCUT2D eigenvalue weighted by atomic mass is 9.95. The highest BCUT2D eigenvalue weighted by molar-refractivity contribution is 5.81. The summed E-state index contributed by atoms with van der Waals surface area (Å²) in [4.78, 5) is 11.2. The second-order valence-electron chi connectivity index (χ2n) is 6.51. The van der Waals surface area contributed by atoms with Gasteiger partial charge in [-0.25, -0.2) is 0 Å². The van der Waals surface area contributed by atoms with E-state index in [0.717, 1.165) is 12.0 Å². The maximum absolute atomic E-state index is 11.2. The molecule has 0 radical (unpaired) electrons. The second-order valence-corrected chi connectivity index (χ2v) is 6.51. The predicted molar refractivity (Wildman–Crippen MR) is 80.5 cm³/mol. The Hall–Kier alpha value is -1.39. The molecule has 0 aliphatic carbocycles. The van der Waals surface area contributed by atoms with E-state index in [0.29, 0.717) is 24.2 Å². The van der Waals surface area contributed by atoms with Crippen molar-refractivity contribution in [1.29, 1.82) is 0 Å². The largest absolute Gasteiger partial charge is 0.507 e. The van der Waals surface area contributed by atoms with Gasteiger partial charge in [0, 0.05) is 6.42 Å².